The van der Waals surface area contributed by atoms with Crippen LogP contribution in [0.2, 0.25) is 0 Å². The molecule has 0 aromatic carbocycles. The summed E-state index contributed by atoms with van der Waals surface area (Å²) in [7, 11) is 1.51. The first-order chi connectivity index (χ1) is 8.97. The van der Waals surface area contributed by atoms with Crippen molar-refractivity contribution < 1.29 is 13.2 Å². The zero-order valence-electron chi connectivity index (χ0n) is 10.6. The van der Waals surface area contributed by atoms with Gasteiger partial charge in [-0.25, -0.2) is 13.4 Å². The molecule has 2 heterocycles. The molecule has 1 atom stereocenters. The van der Waals surface area contributed by atoms with E-state index >= 15 is 0 Å². The minimum Gasteiger partial charge on any atom is -0.370 e. The minimum atomic E-state index is -3.74. The molecule has 106 valence electrons. The lowest BCUT2D eigenvalue weighted by Crippen LogP contribution is -2.26. The van der Waals surface area contributed by atoms with E-state index in [1.165, 1.54) is 25.4 Å². The number of ether oxygens (including phenoxy) is 1. The molecule has 3 rings (SSSR count). The van der Waals surface area contributed by atoms with E-state index in [9.17, 15) is 8.42 Å². The highest BCUT2D eigenvalue weighted by molar-refractivity contribution is 8.13. The third-order valence-electron chi connectivity index (χ3n) is 4.13. The largest absolute Gasteiger partial charge is 0.370 e. The standard InChI is InChI=1S/C12H17ClN2O3S/c13-19(16,17)11-8-15(9-14-11)7-10-3-6-12(18-10)4-1-2-5-12/h8-10H,1-7H2. The Balaban J connectivity index is 1.65. The fourth-order valence-corrected chi connectivity index (χ4v) is 3.89. The molecule has 1 aromatic heterocycles. The number of rotatable bonds is 3. The molecule has 0 radical (unpaired) electrons. The Morgan fingerprint density at radius 1 is 1.42 bits per heavy atom. The van der Waals surface area contributed by atoms with Crippen molar-refractivity contribution in [3.8, 4) is 0 Å². The highest BCUT2D eigenvalue weighted by Crippen LogP contribution is 2.43. The average molecular weight is 305 g/mol. The lowest BCUT2D eigenvalue weighted by Gasteiger charge is -2.23. The van der Waals surface area contributed by atoms with Gasteiger partial charge in [0.2, 0.25) is 0 Å². The summed E-state index contributed by atoms with van der Waals surface area (Å²) in [6, 6.07) is 0. The van der Waals surface area contributed by atoms with Crippen molar-refractivity contribution in [2.75, 3.05) is 0 Å². The first-order valence-electron chi connectivity index (χ1n) is 6.61. The van der Waals surface area contributed by atoms with Crippen molar-refractivity contribution in [3.05, 3.63) is 12.5 Å². The van der Waals surface area contributed by atoms with Crippen LogP contribution in [-0.2, 0) is 20.3 Å². The Morgan fingerprint density at radius 2 is 2.16 bits per heavy atom. The van der Waals surface area contributed by atoms with Gasteiger partial charge in [0.05, 0.1) is 18.0 Å². The molecule has 1 aromatic rings. The third-order valence-corrected chi connectivity index (χ3v) is 5.31. The summed E-state index contributed by atoms with van der Waals surface area (Å²) in [6.45, 7) is 0.640. The Morgan fingerprint density at radius 3 is 2.79 bits per heavy atom. The Bertz CT molecular complexity index is 563. The summed E-state index contributed by atoms with van der Waals surface area (Å²) in [5.74, 6) is 0. The average Bonchev–Trinajstić information content (AvgIpc) is 3.01. The SMILES string of the molecule is O=S(=O)(Cl)c1cn(CC2CCC3(CCCC3)O2)cn1. The highest BCUT2D eigenvalue weighted by atomic mass is 35.7. The van der Waals surface area contributed by atoms with Crippen LogP contribution in [0.15, 0.2) is 17.6 Å². The second kappa shape index (κ2) is 4.75. The normalized spacial score (nSPS) is 26.3. The molecular formula is C12H17ClN2O3S. The lowest BCUT2D eigenvalue weighted by molar-refractivity contribution is -0.0418. The predicted molar refractivity (Wildman–Crippen MR) is 70.6 cm³/mol. The molecule has 1 aliphatic carbocycles. The van der Waals surface area contributed by atoms with Gasteiger partial charge in [0.1, 0.15) is 0 Å². The van der Waals surface area contributed by atoms with Crippen molar-refractivity contribution in [1.29, 1.82) is 0 Å². The van der Waals surface area contributed by atoms with Gasteiger partial charge in [-0.3, -0.25) is 0 Å². The number of hydrogen-bond donors (Lipinski definition) is 0. The van der Waals surface area contributed by atoms with Gasteiger partial charge in [0, 0.05) is 23.4 Å². The molecule has 2 fully saturated rings. The van der Waals surface area contributed by atoms with Crippen LogP contribution in [0.25, 0.3) is 0 Å². The molecular weight excluding hydrogens is 288 g/mol. The predicted octanol–water partition coefficient (Wildman–Crippen LogP) is 2.30. The van der Waals surface area contributed by atoms with Crippen LogP contribution in [0.1, 0.15) is 38.5 Å². The second-order valence-electron chi connectivity index (χ2n) is 5.52. The number of aromatic nitrogens is 2. The van der Waals surface area contributed by atoms with Crippen molar-refractivity contribution in [1.82, 2.24) is 9.55 Å². The van der Waals surface area contributed by atoms with Crippen LogP contribution in [0, 0.1) is 0 Å². The third kappa shape index (κ3) is 2.80. The zero-order chi connectivity index (χ0) is 13.5. The van der Waals surface area contributed by atoms with E-state index in [1.54, 1.807) is 4.57 Å². The van der Waals surface area contributed by atoms with Gasteiger partial charge in [-0.2, -0.15) is 0 Å². The van der Waals surface area contributed by atoms with Gasteiger partial charge in [-0.15, -0.1) is 0 Å². The first-order valence-corrected chi connectivity index (χ1v) is 8.92. The molecule has 2 aliphatic rings. The number of hydrogen-bond acceptors (Lipinski definition) is 4. The molecule has 0 N–H and O–H groups in total. The molecule has 0 bridgehead atoms. The summed E-state index contributed by atoms with van der Waals surface area (Å²) in [4.78, 5) is 3.81. The maximum absolute atomic E-state index is 11.1. The fraction of sp³-hybridized carbons (Fsp3) is 0.750. The van der Waals surface area contributed by atoms with Crippen LogP contribution in [-0.4, -0.2) is 29.7 Å². The number of imidazole rings is 1. The van der Waals surface area contributed by atoms with Crippen molar-refractivity contribution >= 4 is 19.7 Å². The molecule has 5 nitrogen and oxygen atoms in total. The van der Waals surface area contributed by atoms with Gasteiger partial charge in [0.15, 0.2) is 5.03 Å². The summed E-state index contributed by atoms with van der Waals surface area (Å²) in [5, 5.41) is -0.0947. The molecule has 1 spiro atoms. The maximum atomic E-state index is 11.1. The quantitative estimate of drug-likeness (QED) is 0.804. The molecule has 7 heteroatoms. The second-order valence-corrected chi connectivity index (χ2v) is 8.03. The molecule has 0 amide bonds. The fourth-order valence-electron chi connectivity index (χ4n) is 3.21. The number of nitrogens with zero attached hydrogens (tertiary/aromatic N) is 2. The van der Waals surface area contributed by atoms with Crippen molar-refractivity contribution in [2.24, 2.45) is 0 Å². The van der Waals surface area contributed by atoms with Crippen molar-refractivity contribution in [3.63, 3.8) is 0 Å². The van der Waals surface area contributed by atoms with Crippen LogP contribution in [0.4, 0.5) is 0 Å². The minimum absolute atomic E-state index is 0.0947. The summed E-state index contributed by atoms with van der Waals surface area (Å²) in [6.07, 6.45) is 10.1. The number of halogens is 1. The van der Waals surface area contributed by atoms with E-state index in [-0.39, 0.29) is 16.7 Å². The molecule has 1 saturated carbocycles. The van der Waals surface area contributed by atoms with Gasteiger partial charge in [-0.1, -0.05) is 12.8 Å². The molecule has 1 unspecified atom stereocenters. The van der Waals surface area contributed by atoms with Gasteiger partial charge < -0.3 is 9.30 Å². The Kier molecular flexibility index (Phi) is 3.35. The monoisotopic (exact) mass is 304 g/mol. The Labute approximate surface area is 117 Å². The van der Waals surface area contributed by atoms with E-state index in [0.29, 0.717) is 6.54 Å². The van der Waals surface area contributed by atoms with E-state index < -0.39 is 9.05 Å². The van der Waals surface area contributed by atoms with E-state index in [4.69, 9.17) is 15.4 Å². The summed E-state index contributed by atoms with van der Waals surface area (Å²) < 4.78 is 30.2. The smallest absolute Gasteiger partial charge is 0.280 e. The first kappa shape index (κ1) is 13.4. The molecule has 19 heavy (non-hydrogen) atoms. The van der Waals surface area contributed by atoms with Crippen LogP contribution >= 0.6 is 10.7 Å². The van der Waals surface area contributed by atoms with Gasteiger partial charge in [-0.05, 0) is 25.7 Å². The highest BCUT2D eigenvalue weighted by Gasteiger charge is 2.42. The van der Waals surface area contributed by atoms with Gasteiger partial charge >= 0.3 is 0 Å². The van der Waals surface area contributed by atoms with Crippen molar-refractivity contribution in [2.45, 2.75) is 61.8 Å². The summed E-state index contributed by atoms with van der Waals surface area (Å²) >= 11 is 0. The molecule has 1 aliphatic heterocycles. The topological polar surface area (TPSA) is 61.2 Å². The van der Waals surface area contributed by atoms with E-state index in [2.05, 4.69) is 4.98 Å². The lowest BCUT2D eigenvalue weighted by atomic mass is 9.98. The summed E-state index contributed by atoms with van der Waals surface area (Å²) in [5.41, 5.74) is 0.104. The van der Waals surface area contributed by atoms with Crippen LogP contribution in [0.5, 0.6) is 0 Å². The maximum Gasteiger partial charge on any atom is 0.280 e. The zero-order valence-corrected chi connectivity index (χ0v) is 12.2. The van der Waals surface area contributed by atoms with E-state index in [0.717, 1.165) is 25.7 Å². The Hall–Kier alpha value is -0.590. The van der Waals surface area contributed by atoms with E-state index in [1.807, 2.05) is 0 Å². The van der Waals surface area contributed by atoms with Crippen LogP contribution in [0.3, 0.4) is 0 Å². The van der Waals surface area contributed by atoms with Crippen LogP contribution < -0.4 is 0 Å². The van der Waals surface area contributed by atoms with Gasteiger partial charge in [0.25, 0.3) is 9.05 Å². The molecule has 1 saturated heterocycles.